The van der Waals surface area contributed by atoms with E-state index in [1.807, 2.05) is 6.07 Å². The molecule has 0 bridgehead atoms. The van der Waals surface area contributed by atoms with E-state index in [0.717, 1.165) is 5.56 Å². The van der Waals surface area contributed by atoms with E-state index >= 15 is 0 Å². The van der Waals surface area contributed by atoms with Crippen LogP contribution in [0.25, 0.3) is 0 Å². The second-order valence-electron chi connectivity index (χ2n) is 4.19. The number of aryl methyl sites for hydroxylation is 1. The van der Waals surface area contributed by atoms with Crippen LogP contribution in [0.5, 0.6) is 5.75 Å². The molecule has 0 aliphatic rings. The van der Waals surface area contributed by atoms with Crippen LogP contribution in [0, 0.1) is 17.1 Å². The summed E-state index contributed by atoms with van der Waals surface area (Å²) in [5.41, 5.74) is 0.750. The first kappa shape index (κ1) is 15.0. The number of rotatable bonds is 6. The molecule has 19 heavy (non-hydrogen) atoms. The van der Waals surface area contributed by atoms with Crippen molar-refractivity contribution in [3.8, 4) is 11.8 Å². The molecular weight excluding hydrogens is 247 g/mol. The van der Waals surface area contributed by atoms with E-state index in [0.29, 0.717) is 25.8 Å². The second kappa shape index (κ2) is 7.37. The lowest BCUT2D eigenvalue weighted by atomic mass is 10.1. The standard InChI is InChI=1S/C14H17FN2O2/c1-17(9-3-8-16)14(18)7-5-11-4-6-13(19-2)12(15)10-11/h4,6,10H,3,5,7,9H2,1-2H3. The molecular formula is C14H17FN2O2. The number of amides is 1. The molecule has 0 radical (unpaired) electrons. The van der Waals surface area contributed by atoms with Gasteiger partial charge in [-0.05, 0) is 24.1 Å². The third kappa shape index (κ3) is 4.59. The van der Waals surface area contributed by atoms with Gasteiger partial charge in [-0.3, -0.25) is 4.79 Å². The number of methoxy groups -OCH3 is 1. The molecule has 0 unspecified atom stereocenters. The van der Waals surface area contributed by atoms with Gasteiger partial charge in [0.25, 0.3) is 0 Å². The minimum absolute atomic E-state index is 0.0496. The average Bonchev–Trinajstić information content (AvgIpc) is 2.42. The number of hydrogen-bond acceptors (Lipinski definition) is 3. The maximum absolute atomic E-state index is 13.4. The van der Waals surface area contributed by atoms with Gasteiger partial charge in [-0.25, -0.2) is 4.39 Å². The smallest absolute Gasteiger partial charge is 0.222 e. The maximum Gasteiger partial charge on any atom is 0.222 e. The highest BCUT2D eigenvalue weighted by Gasteiger charge is 2.09. The Morgan fingerprint density at radius 3 is 2.84 bits per heavy atom. The fourth-order valence-electron chi connectivity index (χ4n) is 1.65. The summed E-state index contributed by atoms with van der Waals surface area (Å²) in [4.78, 5) is 13.2. The molecule has 1 rings (SSSR count). The third-order valence-electron chi connectivity index (χ3n) is 2.83. The van der Waals surface area contributed by atoms with Crippen molar-refractivity contribution in [2.75, 3.05) is 20.7 Å². The van der Waals surface area contributed by atoms with Crippen LogP contribution in [0.15, 0.2) is 18.2 Å². The van der Waals surface area contributed by atoms with E-state index in [-0.39, 0.29) is 11.7 Å². The van der Waals surface area contributed by atoms with Crippen LogP contribution in [-0.4, -0.2) is 31.5 Å². The van der Waals surface area contributed by atoms with E-state index in [1.54, 1.807) is 19.2 Å². The first-order chi connectivity index (χ1) is 9.08. The Hall–Kier alpha value is -2.09. The van der Waals surface area contributed by atoms with Gasteiger partial charge in [0.15, 0.2) is 11.6 Å². The zero-order valence-corrected chi connectivity index (χ0v) is 11.1. The topological polar surface area (TPSA) is 53.3 Å². The van der Waals surface area contributed by atoms with Crippen LogP contribution in [0.3, 0.4) is 0 Å². The fourth-order valence-corrected chi connectivity index (χ4v) is 1.65. The number of ether oxygens (including phenoxy) is 1. The molecule has 0 aliphatic carbocycles. The predicted octanol–water partition coefficient (Wildman–Crippen LogP) is 2.14. The molecule has 0 heterocycles. The quantitative estimate of drug-likeness (QED) is 0.791. The number of nitriles is 1. The van der Waals surface area contributed by atoms with Crippen molar-refractivity contribution in [3.05, 3.63) is 29.6 Å². The maximum atomic E-state index is 13.4. The molecule has 1 aromatic rings. The number of benzene rings is 1. The molecule has 0 saturated heterocycles. The lowest BCUT2D eigenvalue weighted by Crippen LogP contribution is -2.27. The molecule has 0 atom stereocenters. The summed E-state index contributed by atoms with van der Waals surface area (Å²) in [6.07, 6.45) is 1.09. The van der Waals surface area contributed by atoms with Gasteiger partial charge >= 0.3 is 0 Å². The SMILES string of the molecule is COc1ccc(CCC(=O)N(C)CCC#N)cc1F. The Kier molecular flexibility index (Phi) is 5.80. The van der Waals surface area contributed by atoms with E-state index in [4.69, 9.17) is 10.00 Å². The van der Waals surface area contributed by atoms with Crippen molar-refractivity contribution in [1.82, 2.24) is 4.90 Å². The van der Waals surface area contributed by atoms with Crippen LogP contribution >= 0.6 is 0 Å². The van der Waals surface area contributed by atoms with Gasteiger partial charge in [-0.2, -0.15) is 5.26 Å². The second-order valence-corrected chi connectivity index (χ2v) is 4.19. The summed E-state index contributed by atoms with van der Waals surface area (Å²) < 4.78 is 18.3. The number of carbonyl (C=O) groups is 1. The summed E-state index contributed by atoms with van der Waals surface area (Å²) in [5, 5.41) is 8.44. The number of nitrogens with zero attached hydrogens (tertiary/aromatic N) is 2. The van der Waals surface area contributed by atoms with Gasteiger partial charge in [0, 0.05) is 20.0 Å². The Balaban J connectivity index is 2.50. The van der Waals surface area contributed by atoms with E-state index in [9.17, 15) is 9.18 Å². The van der Waals surface area contributed by atoms with Gasteiger partial charge in [-0.15, -0.1) is 0 Å². The largest absolute Gasteiger partial charge is 0.494 e. The van der Waals surface area contributed by atoms with Gasteiger partial charge in [0.1, 0.15) is 0 Å². The molecule has 4 nitrogen and oxygen atoms in total. The van der Waals surface area contributed by atoms with Gasteiger partial charge in [-0.1, -0.05) is 6.07 Å². The minimum atomic E-state index is -0.426. The molecule has 5 heteroatoms. The summed E-state index contributed by atoms with van der Waals surface area (Å²) in [6.45, 7) is 0.423. The van der Waals surface area contributed by atoms with Gasteiger partial charge in [0.2, 0.25) is 5.91 Å². The van der Waals surface area contributed by atoms with Crippen molar-refractivity contribution >= 4 is 5.91 Å². The van der Waals surface area contributed by atoms with Crippen molar-refractivity contribution < 1.29 is 13.9 Å². The first-order valence-corrected chi connectivity index (χ1v) is 6.01. The highest BCUT2D eigenvalue weighted by molar-refractivity contribution is 5.76. The zero-order valence-electron chi connectivity index (χ0n) is 11.1. The van der Waals surface area contributed by atoms with Crippen LogP contribution in [0.2, 0.25) is 0 Å². The number of hydrogen-bond donors (Lipinski definition) is 0. The lowest BCUT2D eigenvalue weighted by molar-refractivity contribution is -0.129. The van der Waals surface area contributed by atoms with Crippen molar-refractivity contribution in [2.24, 2.45) is 0 Å². The normalized spacial score (nSPS) is 9.79. The van der Waals surface area contributed by atoms with Crippen LogP contribution in [0.4, 0.5) is 4.39 Å². The van der Waals surface area contributed by atoms with Crippen LogP contribution < -0.4 is 4.74 Å². The third-order valence-corrected chi connectivity index (χ3v) is 2.83. The first-order valence-electron chi connectivity index (χ1n) is 6.01. The average molecular weight is 264 g/mol. The number of carbonyl (C=O) groups excluding carboxylic acids is 1. The zero-order chi connectivity index (χ0) is 14.3. The number of halogens is 1. The van der Waals surface area contributed by atoms with Gasteiger partial charge in [0.05, 0.1) is 19.6 Å². The van der Waals surface area contributed by atoms with Crippen LogP contribution in [-0.2, 0) is 11.2 Å². The lowest BCUT2D eigenvalue weighted by Gasteiger charge is -2.15. The van der Waals surface area contributed by atoms with Crippen LogP contribution in [0.1, 0.15) is 18.4 Å². The molecule has 0 aliphatic heterocycles. The molecule has 0 saturated carbocycles. The Labute approximate surface area is 112 Å². The minimum Gasteiger partial charge on any atom is -0.494 e. The molecule has 0 N–H and O–H groups in total. The Morgan fingerprint density at radius 1 is 1.53 bits per heavy atom. The fraction of sp³-hybridized carbons (Fsp3) is 0.429. The van der Waals surface area contributed by atoms with E-state index in [1.165, 1.54) is 18.1 Å². The molecule has 0 spiro atoms. The highest BCUT2D eigenvalue weighted by Crippen LogP contribution is 2.18. The molecule has 0 aromatic heterocycles. The summed E-state index contributed by atoms with van der Waals surface area (Å²) in [7, 11) is 3.07. The van der Waals surface area contributed by atoms with Crippen molar-refractivity contribution in [1.29, 1.82) is 5.26 Å². The Bertz CT molecular complexity index is 483. The molecule has 102 valence electrons. The van der Waals surface area contributed by atoms with E-state index < -0.39 is 5.82 Å². The molecule has 0 fully saturated rings. The van der Waals surface area contributed by atoms with Gasteiger partial charge < -0.3 is 9.64 Å². The monoisotopic (exact) mass is 264 g/mol. The summed E-state index contributed by atoms with van der Waals surface area (Å²) >= 11 is 0. The highest BCUT2D eigenvalue weighted by atomic mass is 19.1. The summed E-state index contributed by atoms with van der Waals surface area (Å²) in [5.74, 6) is -0.280. The molecule has 1 amide bonds. The predicted molar refractivity (Wildman–Crippen MR) is 69.1 cm³/mol. The molecule has 1 aromatic carbocycles. The summed E-state index contributed by atoms with van der Waals surface area (Å²) in [6, 6.07) is 6.66. The van der Waals surface area contributed by atoms with E-state index in [2.05, 4.69) is 0 Å². The van der Waals surface area contributed by atoms with Crippen molar-refractivity contribution in [3.63, 3.8) is 0 Å². The Morgan fingerprint density at radius 2 is 2.26 bits per heavy atom. The van der Waals surface area contributed by atoms with Crippen molar-refractivity contribution in [2.45, 2.75) is 19.3 Å².